The van der Waals surface area contributed by atoms with Gasteiger partial charge in [0.25, 0.3) is 0 Å². The fraction of sp³-hybridized carbons (Fsp3) is 0.250. The van der Waals surface area contributed by atoms with Crippen LogP contribution in [0.4, 0.5) is 5.69 Å². The molecule has 2 aromatic carbocycles. The summed E-state index contributed by atoms with van der Waals surface area (Å²) in [7, 11) is 1.57. The zero-order valence-electron chi connectivity index (χ0n) is 15.8. The van der Waals surface area contributed by atoms with Gasteiger partial charge in [-0.05, 0) is 50.2 Å². The molecule has 6 nitrogen and oxygen atoms in total. The molecule has 28 heavy (non-hydrogen) atoms. The minimum atomic E-state index is -0.363. The number of para-hydroxylation sites is 2. The third-order valence-electron chi connectivity index (χ3n) is 4.15. The zero-order valence-corrected chi connectivity index (χ0v) is 17.4. The lowest BCUT2D eigenvalue weighted by Gasteiger charge is -2.14. The molecule has 3 aromatic rings. The van der Waals surface area contributed by atoms with Crippen LogP contribution in [-0.2, 0) is 11.3 Å². The summed E-state index contributed by atoms with van der Waals surface area (Å²) in [4.78, 5) is 12.6. The first-order chi connectivity index (χ1) is 13.5. The number of ether oxygens (including phenoxy) is 1. The number of carbonyl (C=O) groups is 1. The van der Waals surface area contributed by atoms with Crippen molar-refractivity contribution in [3.63, 3.8) is 0 Å². The molecule has 146 valence electrons. The number of halogens is 1. The van der Waals surface area contributed by atoms with Crippen LogP contribution in [0.25, 0.3) is 11.4 Å². The number of nitrogens with zero attached hydrogens (tertiary/aromatic N) is 3. The van der Waals surface area contributed by atoms with E-state index in [4.69, 9.17) is 16.3 Å². The number of methoxy groups -OCH3 is 1. The lowest BCUT2D eigenvalue weighted by atomic mass is 10.2. The molecule has 0 bridgehead atoms. The van der Waals surface area contributed by atoms with Gasteiger partial charge in [0, 0.05) is 17.1 Å². The molecule has 8 heteroatoms. The summed E-state index contributed by atoms with van der Waals surface area (Å²) in [6, 6.07) is 14.8. The summed E-state index contributed by atoms with van der Waals surface area (Å²) in [5, 5.41) is 12.5. The van der Waals surface area contributed by atoms with Crippen molar-refractivity contribution in [3.8, 4) is 17.1 Å². The molecule has 1 amide bonds. The molecule has 1 heterocycles. The molecule has 0 aliphatic rings. The fourth-order valence-electron chi connectivity index (χ4n) is 2.67. The standard InChI is InChI=1S/C20H21ClN4O2S/c1-4-25-18(14-9-11-15(21)12-10-14)23-24-20(25)28-13(2)19(26)22-16-7-5-6-8-17(16)27-3/h5-13H,4H2,1-3H3,(H,22,26)/t13-/m0/s1. The second-order valence-corrected chi connectivity index (χ2v) is 7.75. The SMILES string of the molecule is CCn1c(S[C@@H](C)C(=O)Nc2ccccc2OC)nnc1-c1ccc(Cl)cc1. The van der Waals surface area contributed by atoms with Crippen LogP contribution in [0, 0.1) is 0 Å². The molecule has 0 aliphatic heterocycles. The van der Waals surface area contributed by atoms with Crippen LogP contribution in [0.2, 0.25) is 5.02 Å². The smallest absolute Gasteiger partial charge is 0.237 e. The molecule has 0 saturated carbocycles. The molecule has 0 radical (unpaired) electrons. The van der Waals surface area contributed by atoms with Crippen molar-refractivity contribution >= 4 is 35.0 Å². The lowest BCUT2D eigenvalue weighted by Crippen LogP contribution is -2.23. The van der Waals surface area contributed by atoms with E-state index in [1.165, 1.54) is 11.8 Å². The second kappa shape index (κ2) is 9.12. The monoisotopic (exact) mass is 416 g/mol. The molecule has 1 N–H and O–H groups in total. The Morgan fingerprint density at radius 2 is 1.93 bits per heavy atom. The van der Waals surface area contributed by atoms with Gasteiger partial charge in [0.1, 0.15) is 5.75 Å². The topological polar surface area (TPSA) is 69.0 Å². The minimum absolute atomic E-state index is 0.131. The fourth-order valence-corrected chi connectivity index (χ4v) is 3.71. The number of nitrogens with one attached hydrogen (secondary N) is 1. The average molecular weight is 417 g/mol. The summed E-state index contributed by atoms with van der Waals surface area (Å²) in [6.45, 7) is 4.55. The van der Waals surface area contributed by atoms with Crippen molar-refractivity contribution in [2.75, 3.05) is 12.4 Å². The Morgan fingerprint density at radius 1 is 1.21 bits per heavy atom. The molecular weight excluding hydrogens is 396 g/mol. The molecule has 1 atom stereocenters. The Kier molecular flexibility index (Phi) is 6.59. The van der Waals surface area contributed by atoms with Gasteiger partial charge in [0.15, 0.2) is 11.0 Å². The van der Waals surface area contributed by atoms with Crippen LogP contribution in [0.15, 0.2) is 53.7 Å². The van der Waals surface area contributed by atoms with Crippen molar-refractivity contribution in [1.82, 2.24) is 14.8 Å². The Morgan fingerprint density at radius 3 is 2.61 bits per heavy atom. The first-order valence-corrected chi connectivity index (χ1v) is 10.1. The molecule has 0 aliphatic carbocycles. The van der Waals surface area contributed by atoms with E-state index >= 15 is 0 Å². The number of thioether (sulfide) groups is 1. The van der Waals surface area contributed by atoms with E-state index in [2.05, 4.69) is 15.5 Å². The summed E-state index contributed by atoms with van der Waals surface area (Å²) in [6.07, 6.45) is 0. The molecule has 1 aromatic heterocycles. The Balaban J connectivity index is 1.75. The van der Waals surface area contributed by atoms with Gasteiger partial charge in [-0.3, -0.25) is 4.79 Å². The largest absolute Gasteiger partial charge is 0.495 e. The normalized spacial score (nSPS) is 11.9. The van der Waals surface area contributed by atoms with Crippen LogP contribution in [0.3, 0.4) is 0 Å². The maximum absolute atomic E-state index is 12.6. The summed E-state index contributed by atoms with van der Waals surface area (Å²) in [5.74, 6) is 1.24. The highest BCUT2D eigenvalue weighted by Gasteiger charge is 2.21. The van der Waals surface area contributed by atoms with Crippen LogP contribution in [0.1, 0.15) is 13.8 Å². The number of benzene rings is 2. The van der Waals surface area contributed by atoms with Crippen molar-refractivity contribution < 1.29 is 9.53 Å². The van der Waals surface area contributed by atoms with Crippen LogP contribution < -0.4 is 10.1 Å². The van der Waals surface area contributed by atoms with E-state index < -0.39 is 0 Å². The third-order valence-corrected chi connectivity index (χ3v) is 5.48. The van der Waals surface area contributed by atoms with E-state index in [1.54, 1.807) is 19.2 Å². The van der Waals surface area contributed by atoms with Crippen molar-refractivity contribution in [2.24, 2.45) is 0 Å². The number of hydrogen-bond acceptors (Lipinski definition) is 5. The Labute approximate surface area is 173 Å². The van der Waals surface area contributed by atoms with Gasteiger partial charge in [-0.25, -0.2) is 0 Å². The molecule has 3 rings (SSSR count). The highest BCUT2D eigenvalue weighted by atomic mass is 35.5. The minimum Gasteiger partial charge on any atom is -0.495 e. The van der Waals surface area contributed by atoms with Gasteiger partial charge in [-0.15, -0.1) is 10.2 Å². The Hall–Kier alpha value is -2.51. The van der Waals surface area contributed by atoms with E-state index in [0.717, 1.165) is 11.4 Å². The van der Waals surface area contributed by atoms with Gasteiger partial charge in [-0.2, -0.15) is 0 Å². The first kappa shape index (κ1) is 20.2. The number of rotatable bonds is 7. The molecule has 0 spiro atoms. The Bertz CT molecular complexity index is 959. The number of anilines is 1. The number of carbonyl (C=O) groups excluding carboxylic acids is 1. The second-order valence-electron chi connectivity index (χ2n) is 6.01. The van der Waals surface area contributed by atoms with E-state index in [0.29, 0.717) is 28.2 Å². The van der Waals surface area contributed by atoms with Crippen molar-refractivity contribution in [2.45, 2.75) is 30.8 Å². The highest BCUT2D eigenvalue weighted by Crippen LogP contribution is 2.29. The van der Waals surface area contributed by atoms with Gasteiger partial charge >= 0.3 is 0 Å². The van der Waals surface area contributed by atoms with E-state index in [9.17, 15) is 4.79 Å². The highest BCUT2D eigenvalue weighted by molar-refractivity contribution is 8.00. The van der Waals surface area contributed by atoms with Gasteiger partial charge in [0.2, 0.25) is 5.91 Å². The predicted molar refractivity (Wildman–Crippen MR) is 113 cm³/mol. The van der Waals surface area contributed by atoms with Crippen LogP contribution >= 0.6 is 23.4 Å². The van der Waals surface area contributed by atoms with Crippen molar-refractivity contribution in [1.29, 1.82) is 0 Å². The summed E-state index contributed by atoms with van der Waals surface area (Å²) >= 11 is 7.33. The molecule has 0 unspecified atom stereocenters. The molecule has 0 saturated heterocycles. The quantitative estimate of drug-likeness (QED) is 0.563. The van der Waals surface area contributed by atoms with Gasteiger partial charge in [0.05, 0.1) is 18.0 Å². The van der Waals surface area contributed by atoms with Gasteiger partial charge in [-0.1, -0.05) is 35.5 Å². The maximum Gasteiger partial charge on any atom is 0.237 e. The van der Waals surface area contributed by atoms with Crippen LogP contribution in [0.5, 0.6) is 5.75 Å². The predicted octanol–water partition coefficient (Wildman–Crippen LogP) is 4.75. The average Bonchev–Trinajstić information content (AvgIpc) is 3.11. The third kappa shape index (κ3) is 4.48. The number of aromatic nitrogens is 3. The van der Waals surface area contributed by atoms with Gasteiger partial charge < -0.3 is 14.6 Å². The molecular formula is C20H21ClN4O2S. The molecule has 0 fully saturated rings. The summed E-state index contributed by atoms with van der Waals surface area (Å²) in [5.41, 5.74) is 1.57. The number of amides is 1. The summed E-state index contributed by atoms with van der Waals surface area (Å²) < 4.78 is 7.27. The van der Waals surface area contributed by atoms with E-state index in [-0.39, 0.29) is 11.2 Å². The van der Waals surface area contributed by atoms with E-state index in [1.807, 2.05) is 54.8 Å². The first-order valence-electron chi connectivity index (χ1n) is 8.83. The zero-order chi connectivity index (χ0) is 20.1. The maximum atomic E-state index is 12.6. The van der Waals surface area contributed by atoms with Crippen molar-refractivity contribution in [3.05, 3.63) is 53.6 Å². The van der Waals surface area contributed by atoms with Crippen LogP contribution in [-0.4, -0.2) is 33.0 Å². The number of hydrogen-bond donors (Lipinski definition) is 1. The lowest BCUT2D eigenvalue weighted by molar-refractivity contribution is -0.115.